The van der Waals surface area contributed by atoms with Gasteiger partial charge in [0.05, 0.1) is 15.4 Å². The van der Waals surface area contributed by atoms with E-state index >= 15 is 0 Å². The standard InChI is InChI=1S/C15H18N2OS2/c1-4-9-20-15(19)13-11(3)16-17(14(13)18)12-7-5-10(2)6-8-12/h5-8,16H,4,9H2,1-3H3. The van der Waals surface area contributed by atoms with Gasteiger partial charge in [-0.2, -0.15) is 0 Å². The monoisotopic (exact) mass is 306 g/mol. The molecule has 0 atom stereocenters. The maximum Gasteiger partial charge on any atom is 0.280 e. The Morgan fingerprint density at radius 1 is 1.30 bits per heavy atom. The number of thiocarbonyl (C=S) groups is 1. The van der Waals surface area contributed by atoms with Crippen LogP contribution in [0.1, 0.15) is 30.2 Å². The first kappa shape index (κ1) is 15.1. The van der Waals surface area contributed by atoms with Crippen LogP contribution in [0, 0.1) is 13.8 Å². The Morgan fingerprint density at radius 3 is 2.55 bits per heavy atom. The fraction of sp³-hybridized carbons (Fsp3) is 0.333. The summed E-state index contributed by atoms with van der Waals surface area (Å²) >= 11 is 6.94. The second-order valence-corrected chi connectivity index (χ2v) is 6.50. The van der Waals surface area contributed by atoms with Gasteiger partial charge in [0.15, 0.2) is 0 Å². The van der Waals surface area contributed by atoms with Crippen LogP contribution >= 0.6 is 24.0 Å². The van der Waals surface area contributed by atoms with Gasteiger partial charge in [-0.1, -0.05) is 36.8 Å². The van der Waals surface area contributed by atoms with Crippen LogP contribution in [0.3, 0.4) is 0 Å². The molecule has 0 saturated heterocycles. The summed E-state index contributed by atoms with van der Waals surface area (Å²) in [5, 5.41) is 3.11. The molecule has 0 saturated carbocycles. The van der Waals surface area contributed by atoms with Crippen molar-refractivity contribution in [1.29, 1.82) is 0 Å². The van der Waals surface area contributed by atoms with Crippen molar-refractivity contribution in [3.63, 3.8) is 0 Å². The van der Waals surface area contributed by atoms with E-state index in [4.69, 9.17) is 12.2 Å². The lowest BCUT2D eigenvalue weighted by atomic mass is 10.2. The van der Waals surface area contributed by atoms with Crippen molar-refractivity contribution in [1.82, 2.24) is 9.78 Å². The lowest BCUT2D eigenvalue weighted by molar-refractivity contribution is 0.835. The molecule has 5 heteroatoms. The van der Waals surface area contributed by atoms with E-state index in [1.807, 2.05) is 38.1 Å². The summed E-state index contributed by atoms with van der Waals surface area (Å²) in [4.78, 5) is 12.5. The molecule has 0 fully saturated rings. The summed E-state index contributed by atoms with van der Waals surface area (Å²) in [5.41, 5.74) is 3.38. The molecule has 0 radical (unpaired) electrons. The number of aryl methyl sites for hydroxylation is 2. The molecule has 0 aliphatic rings. The third-order valence-electron chi connectivity index (χ3n) is 3.01. The Balaban J connectivity index is 2.41. The number of nitrogens with one attached hydrogen (secondary N) is 1. The van der Waals surface area contributed by atoms with E-state index in [0.717, 1.165) is 23.6 Å². The molecule has 1 N–H and O–H groups in total. The molecule has 106 valence electrons. The van der Waals surface area contributed by atoms with Crippen molar-refractivity contribution in [2.24, 2.45) is 0 Å². The summed E-state index contributed by atoms with van der Waals surface area (Å²) in [6, 6.07) is 7.83. The molecule has 0 aliphatic heterocycles. The maximum atomic E-state index is 12.5. The second kappa shape index (κ2) is 6.41. The van der Waals surface area contributed by atoms with E-state index in [2.05, 4.69) is 12.0 Å². The molecule has 1 heterocycles. The second-order valence-electron chi connectivity index (χ2n) is 4.72. The van der Waals surface area contributed by atoms with Crippen LogP contribution in [0.2, 0.25) is 0 Å². The Hall–Kier alpha value is -1.33. The van der Waals surface area contributed by atoms with Crippen molar-refractivity contribution in [3.8, 4) is 5.69 Å². The Kier molecular flexibility index (Phi) is 4.83. The number of hydrogen-bond donors (Lipinski definition) is 1. The number of aromatic amines is 1. The van der Waals surface area contributed by atoms with Gasteiger partial charge in [0.2, 0.25) is 0 Å². The molecule has 0 aliphatic carbocycles. The summed E-state index contributed by atoms with van der Waals surface area (Å²) in [7, 11) is 0. The maximum absolute atomic E-state index is 12.5. The zero-order valence-electron chi connectivity index (χ0n) is 11.9. The van der Waals surface area contributed by atoms with Crippen LogP contribution < -0.4 is 5.56 Å². The third kappa shape index (κ3) is 3.04. The van der Waals surface area contributed by atoms with Crippen molar-refractivity contribution >= 4 is 28.2 Å². The fourth-order valence-electron chi connectivity index (χ4n) is 1.93. The average molecular weight is 306 g/mol. The van der Waals surface area contributed by atoms with E-state index in [-0.39, 0.29) is 5.56 Å². The normalized spacial score (nSPS) is 10.8. The Morgan fingerprint density at radius 2 is 1.95 bits per heavy atom. The highest BCUT2D eigenvalue weighted by molar-refractivity contribution is 8.23. The minimum atomic E-state index is -0.0695. The lowest BCUT2D eigenvalue weighted by Crippen LogP contribution is -2.19. The largest absolute Gasteiger partial charge is 0.295 e. The predicted octanol–water partition coefficient (Wildman–Crippen LogP) is 3.60. The van der Waals surface area contributed by atoms with Gasteiger partial charge in [-0.15, -0.1) is 11.8 Å². The van der Waals surface area contributed by atoms with Crippen LogP contribution in [0.25, 0.3) is 5.69 Å². The predicted molar refractivity (Wildman–Crippen MR) is 90.3 cm³/mol. The molecule has 1 aromatic carbocycles. The van der Waals surface area contributed by atoms with Crippen molar-refractivity contribution in [3.05, 3.63) is 51.4 Å². The number of nitrogens with zero attached hydrogens (tertiary/aromatic N) is 1. The number of thioether (sulfide) groups is 1. The summed E-state index contributed by atoms with van der Waals surface area (Å²) in [5.74, 6) is 0.938. The first-order chi connectivity index (χ1) is 9.54. The summed E-state index contributed by atoms with van der Waals surface area (Å²) in [6.45, 7) is 6.01. The zero-order chi connectivity index (χ0) is 14.7. The van der Waals surface area contributed by atoms with E-state index < -0.39 is 0 Å². The number of hydrogen-bond acceptors (Lipinski definition) is 3. The van der Waals surface area contributed by atoms with Crippen LogP contribution in [0.5, 0.6) is 0 Å². The molecule has 1 aromatic heterocycles. The smallest absolute Gasteiger partial charge is 0.280 e. The van der Waals surface area contributed by atoms with Gasteiger partial charge < -0.3 is 0 Å². The van der Waals surface area contributed by atoms with Crippen LogP contribution in [0.4, 0.5) is 0 Å². The minimum Gasteiger partial charge on any atom is -0.295 e. The topological polar surface area (TPSA) is 37.8 Å². The highest BCUT2D eigenvalue weighted by Crippen LogP contribution is 2.16. The van der Waals surface area contributed by atoms with E-state index in [0.29, 0.717) is 9.76 Å². The summed E-state index contributed by atoms with van der Waals surface area (Å²) in [6.07, 6.45) is 1.04. The van der Waals surface area contributed by atoms with Gasteiger partial charge in [-0.3, -0.25) is 9.89 Å². The van der Waals surface area contributed by atoms with Gasteiger partial charge in [-0.05, 0) is 38.2 Å². The molecular weight excluding hydrogens is 288 g/mol. The fourth-order valence-corrected chi connectivity index (χ4v) is 3.19. The quantitative estimate of drug-likeness (QED) is 0.877. The van der Waals surface area contributed by atoms with E-state index in [9.17, 15) is 4.79 Å². The molecule has 0 spiro atoms. The SMILES string of the molecule is CCCSC(=S)c1c(C)[nH]n(-c2ccc(C)cc2)c1=O. The summed E-state index contributed by atoms with van der Waals surface area (Å²) < 4.78 is 2.24. The van der Waals surface area contributed by atoms with Gasteiger partial charge in [-0.25, -0.2) is 4.68 Å². The molecule has 2 rings (SSSR count). The zero-order valence-corrected chi connectivity index (χ0v) is 13.5. The molecule has 2 aromatic rings. The first-order valence-corrected chi connectivity index (χ1v) is 7.99. The first-order valence-electron chi connectivity index (χ1n) is 6.60. The minimum absolute atomic E-state index is 0.0695. The van der Waals surface area contributed by atoms with Gasteiger partial charge in [0.25, 0.3) is 5.56 Å². The van der Waals surface area contributed by atoms with E-state index in [1.54, 1.807) is 16.4 Å². The third-order valence-corrected chi connectivity index (χ3v) is 4.64. The molecule has 0 amide bonds. The number of rotatable bonds is 4. The van der Waals surface area contributed by atoms with E-state index in [1.165, 1.54) is 5.56 Å². The van der Waals surface area contributed by atoms with Gasteiger partial charge >= 0.3 is 0 Å². The highest BCUT2D eigenvalue weighted by atomic mass is 32.2. The van der Waals surface area contributed by atoms with Crippen LogP contribution in [-0.4, -0.2) is 19.7 Å². The molecule has 0 unspecified atom stereocenters. The number of aromatic nitrogens is 2. The van der Waals surface area contributed by atoms with Crippen LogP contribution in [-0.2, 0) is 0 Å². The van der Waals surface area contributed by atoms with Gasteiger partial charge in [0.1, 0.15) is 0 Å². The average Bonchev–Trinajstić information content (AvgIpc) is 2.72. The molecule has 3 nitrogen and oxygen atoms in total. The van der Waals surface area contributed by atoms with Crippen molar-refractivity contribution in [2.45, 2.75) is 27.2 Å². The number of H-pyrrole nitrogens is 1. The molecular formula is C15H18N2OS2. The Labute approximate surface area is 128 Å². The number of benzene rings is 1. The molecule has 0 bridgehead atoms. The molecule has 20 heavy (non-hydrogen) atoms. The Bertz CT molecular complexity index is 668. The van der Waals surface area contributed by atoms with Crippen molar-refractivity contribution < 1.29 is 0 Å². The van der Waals surface area contributed by atoms with Gasteiger partial charge in [0, 0.05) is 5.69 Å². The lowest BCUT2D eigenvalue weighted by Gasteiger charge is -2.01. The van der Waals surface area contributed by atoms with Crippen LogP contribution in [0.15, 0.2) is 29.1 Å². The highest BCUT2D eigenvalue weighted by Gasteiger charge is 2.16. The van der Waals surface area contributed by atoms with Crippen molar-refractivity contribution in [2.75, 3.05) is 5.75 Å².